The Balaban J connectivity index is 1.71. The van der Waals surface area contributed by atoms with Crippen LogP contribution in [-0.4, -0.2) is 17.4 Å². The molecule has 0 aliphatic carbocycles. The molecule has 2 aromatic rings. The topological polar surface area (TPSA) is 46.3 Å². The van der Waals surface area contributed by atoms with Crippen LogP contribution in [0, 0.1) is 0 Å². The number of anilines is 1. The van der Waals surface area contributed by atoms with Gasteiger partial charge >= 0.3 is 0 Å². The highest BCUT2D eigenvalue weighted by atomic mass is 32.1. The molecule has 21 heavy (non-hydrogen) atoms. The number of carbonyl (C=O) groups is 1. The van der Waals surface area contributed by atoms with Crippen molar-refractivity contribution in [1.29, 1.82) is 0 Å². The quantitative estimate of drug-likeness (QED) is 0.693. The fourth-order valence-electron chi connectivity index (χ4n) is 2.71. The maximum absolute atomic E-state index is 12.4. The van der Waals surface area contributed by atoms with Gasteiger partial charge in [0.25, 0.3) is 0 Å². The SMILES string of the molecule is Nc1ccc(/C=C/C(=O)N2CCCC2c2ccsc2)cc1. The number of amides is 1. The molecule has 0 bridgehead atoms. The molecule has 3 rings (SSSR count). The van der Waals surface area contributed by atoms with E-state index in [1.54, 1.807) is 17.4 Å². The summed E-state index contributed by atoms with van der Waals surface area (Å²) in [7, 11) is 0. The lowest BCUT2D eigenvalue weighted by Crippen LogP contribution is -2.28. The molecular weight excluding hydrogens is 280 g/mol. The van der Waals surface area contributed by atoms with Gasteiger partial charge in [0.05, 0.1) is 6.04 Å². The van der Waals surface area contributed by atoms with Gasteiger partial charge < -0.3 is 10.6 Å². The maximum Gasteiger partial charge on any atom is 0.247 e. The van der Waals surface area contributed by atoms with Crippen molar-refractivity contribution in [3.8, 4) is 0 Å². The average molecular weight is 298 g/mol. The maximum atomic E-state index is 12.4. The molecule has 1 aromatic carbocycles. The van der Waals surface area contributed by atoms with Crippen LogP contribution in [-0.2, 0) is 4.79 Å². The molecule has 2 N–H and O–H groups in total. The van der Waals surface area contributed by atoms with Crippen molar-refractivity contribution in [2.24, 2.45) is 0 Å². The molecule has 108 valence electrons. The Kier molecular flexibility index (Phi) is 4.06. The number of likely N-dealkylation sites (tertiary alicyclic amines) is 1. The molecular formula is C17H18N2OS. The van der Waals surface area contributed by atoms with Crippen LogP contribution in [0.5, 0.6) is 0 Å². The molecule has 1 saturated heterocycles. The van der Waals surface area contributed by atoms with Crippen LogP contribution < -0.4 is 5.73 Å². The van der Waals surface area contributed by atoms with Crippen LogP contribution in [0.4, 0.5) is 5.69 Å². The lowest BCUT2D eigenvalue weighted by molar-refractivity contribution is -0.126. The van der Waals surface area contributed by atoms with E-state index in [1.807, 2.05) is 35.2 Å². The minimum atomic E-state index is 0.0838. The van der Waals surface area contributed by atoms with Crippen molar-refractivity contribution in [3.63, 3.8) is 0 Å². The van der Waals surface area contributed by atoms with Crippen LogP contribution >= 0.6 is 11.3 Å². The summed E-state index contributed by atoms with van der Waals surface area (Å²) in [6, 6.07) is 9.87. The van der Waals surface area contributed by atoms with Gasteiger partial charge in [0.15, 0.2) is 0 Å². The molecule has 4 heteroatoms. The van der Waals surface area contributed by atoms with E-state index in [0.717, 1.165) is 30.6 Å². The Morgan fingerprint density at radius 1 is 1.29 bits per heavy atom. The van der Waals surface area contributed by atoms with Crippen LogP contribution in [0.1, 0.15) is 30.0 Å². The molecule has 1 atom stereocenters. The third kappa shape index (κ3) is 3.16. The van der Waals surface area contributed by atoms with Gasteiger partial charge in [-0.15, -0.1) is 0 Å². The van der Waals surface area contributed by atoms with Gasteiger partial charge in [-0.3, -0.25) is 4.79 Å². The second-order valence-corrected chi connectivity index (χ2v) is 6.03. The minimum Gasteiger partial charge on any atom is -0.399 e. The Hall–Kier alpha value is -2.07. The first-order chi connectivity index (χ1) is 10.2. The second-order valence-electron chi connectivity index (χ2n) is 5.25. The van der Waals surface area contributed by atoms with E-state index in [2.05, 4.69) is 16.8 Å². The number of nitrogen functional groups attached to an aromatic ring is 1. The van der Waals surface area contributed by atoms with E-state index in [4.69, 9.17) is 5.73 Å². The highest BCUT2D eigenvalue weighted by molar-refractivity contribution is 7.07. The Labute approximate surface area is 128 Å². The molecule has 1 aliphatic rings. The van der Waals surface area contributed by atoms with Gasteiger partial charge in [-0.05, 0) is 59.0 Å². The van der Waals surface area contributed by atoms with Crippen LogP contribution in [0.3, 0.4) is 0 Å². The number of hydrogen-bond donors (Lipinski definition) is 1. The lowest BCUT2D eigenvalue weighted by Gasteiger charge is -2.22. The predicted molar refractivity (Wildman–Crippen MR) is 87.9 cm³/mol. The lowest BCUT2D eigenvalue weighted by atomic mass is 10.1. The number of rotatable bonds is 3. The third-order valence-corrected chi connectivity index (χ3v) is 4.52. The van der Waals surface area contributed by atoms with E-state index in [-0.39, 0.29) is 11.9 Å². The molecule has 0 spiro atoms. The summed E-state index contributed by atoms with van der Waals surface area (Å²) in [5, 5.41) is 4.21. The van der Waals surface area contributed by atoms with Crippen molar-refractivity contribution in [1.82, 2.24) is 4.90 Å². The van der Waals surface area contributed by atoms with Gasteiger partial charge in [0.2, 0.25) is 5.91 Å². The van der Waals surface area contributed by atoms with Crippen LogP contribution in [0.25, 0.3) is 6.08 Å². The molecule has 1 amide bonds. The summed E-state index contributed by atoms with van der Waals surface area (Å²) >= 11 is 1.68. The first-order valence-corrected chi connectivity index (χ1v) is 8.04. The largest absolute Gasteiger partial charge is 0.399 e. The Morgan fingerprint density at radius 2 is 2.10 bits per heavy atom. The number of nitrogens with zero attached hydrogens (tertiary/aromatic N) is 1. The molecule has 2 heterocycles. The summed E-state index contributed by atoms with van der Waals surface area (Å²) in [5.74, 6) is 0.0838. The first kappa shape index (κ1) is 13.9. The summed E-state index contributed by atoms with van der Waals surface area (Å²) in [5.41, 5.74) is 8.63. The van der Waals surface area contributed by atoms with Gasteiger partial charge in [-0.2, -0.15) is 11.3 Å². The van der Waals surface area contributed by atoms with Gasteiger partial charge in [0, 0.05) is 18.3 Å². The van der Waals surface area contributed by atoms with Gasteiger partial charge in [-0.25, -0.2) is 0 Å². The first-order valence-electron chi connectivity index (χ1n) is 7.10. The van der Waals surface area contributed by atoms with Crippen LogP contribution in [0.15, 0.2) is 47.2 Å². The van der Waals surface area contributed by atoms with Crippen molar-refractivity contribution >= 4 is 29.0 Å². The van der Waals surface area contributed by atoms with E-state index < -0.39 is 0 Å². The summed E-state index contributed by atoms with van der Waals surface area (Å²) < 4.78 is 0. The van der Waals surface area contributed by atoms with E-state index in [1.165, 1.54) is 5.56 Å². The average Bonchev–Trinajstić information content (AvgIpc) is 3.16. The molecule has 1 aliphatic heterocycles. The molecule has 1 unspecified atom stereocenters. The third-order valence-electron chi connectivity index (χ3n) is 3.82. The second kappa shape index (κ2) is 6.14. The van der Waals surface area contributed by atoms with Crippen molar-refractivity contribution < 1.29 is 4.79 Å². The zero-order chi connectivity index (χ0) is 14.7. The molecule has 1 fully saturated rings. The fraction of sp³-hybridized carbons (Fsp3) is 0.235. The highest BCUT2D eigenvalue weighted by Crippen LogP contribution is 2.33. The van der Waals surface area contributed by atoms with Crippen molar-refractivity contribution in [2.75, 3.05) is 12.3 Å². The molecule has 0 radical (unpaired) electrons. The molecule has 3 nitrogen and oxygen atoms in total. The summed E-state index contributed by atoms with van der Waals surface area (Å²) in [4.78, 5) is 14.4. The number of carbonyl (C=O) groups excluding carboxylic acids is 1. The summed E-state index contributed by atoms with van der Waals surface area (Å²) in [6.07, 6.45) is 5.64. The minimum absolute atomic E-state index is 0.0838. The monoisotopic (exact) mass is 298 g/mol. The Morgan fingerprint density at radius 3 is 2.81 bits per heavy atom. The number of hydrogen-bond acceptors (Lipinski definition) is 3. The van der Waals surface area contributed by atoms with Crippen LogP contribution in [0.2, 0.25) is 0 Å². The van der Waals surface area contributed by atoms with E-state index in [0.29, 0.717) is 0 Å². The number of thiophene rings is 1. The summed E-state index contributed by atoms with van der Waals surface area (Å²) in [6.45, 7) is 0.839. The van der Waals surface area contributed by atoms with Gasteiger partial charge in [0.1, 0.15) is 0 Å². The zero-order valence-corrected chi connectivity index (χ0v) is 12.6. The standard InChI is InChI=1S/C17H18N2OS/c18-15-6-3-13(4-7-15)5-8-17(20)19-10-1-2-16(19)14-9-11-21-12-14/h3-9,11-12,16H,1-2,10,18H2/b8-5+. The Bertz CT molecular complexity index is 631. The number of benzene rings is 1. The molecule has 0 saturated carbocycles. The highest BCUT2D eigenvalue weighted by Gasteiger charge is 2.28. The number of nitrogens with two attached hydrogens (primary N) is 1. The zero-order valence-electron chi connectivity index (χ0n) is 11.7. The van der Waals surface area contributed by atoms with Crippen molar-refractivity contribution in [3.05, 3.63) is 58.3 Å². The predicted octanol–water partition coefficient (Wildman–Crippen LogP) is 3.71. The normalized spacial score (nSPS) is 18.5. The smallest absolute Gasteiger partial charge is 0.247 e. The van der Waals surface area contributed by atoms with E-state index in [9.17, 15) is 4.79 Å². The van der Waals surface area contributed by atoms with E-state index >= 15 is 0 Å². The molecule has 1 aromatic heterocycles. The van der Waals surface area contributed by atoms with Crippen molar-refractivity contribution in [2.45, 2.75) is 18.9 Å². The van der Waals surface area contributed by atoms with Gasteiger partial charge in [-0.1, -0.05) is 12.1 Å². The fourth-order valence-corrected chi connectivity index (χ4v) is 3.42.